The number of rotatable bonds is 5. The van der Waals surface area contributed by atoms with Crippen LogP contribution >= 0.6 is 0 Å². The number of aromatic amines is 1. The van der Waals surface area contributed by atoms with Crippen LogP contribution in [-0.2, 0) is 4.74 Å². The van der Waals surface area contributed by atoms with Gasteiger partial charge in [-0.25, -0.2) is 4.79 Å². The summed E-state index contributed by atoms with van der Waals surface area (Å²) in [4.78, 5) is 38.7. The van der Waals surface area contributed by atoms with Gasteiger partial charge in [-0.3, -0.25) is 9.59 Å². The van der Waals surface area contributed by atoms with E-state index < -0.39 is 18.4 Å². The number of para-hydroxylation sites is 1. The smallest absolute Gasteiger partial charge is 0.342 e. The first-order valence-corrected chi connectivity index (χ1v) is 7.43. The molecule has 0 aliphatic heterocycles. The van der Waals surface area contributed by atoms with E-state index in [0.29, 0.717) is 22.4 Å². The zero-order valence-electron chi connectivity index (χ0n) is 14.0. The number of ketones is 2. The molecule has 2 N–H and O–H groups in total. The summed E-state index contributed by atoms with van der Waals surface area (Å²) in [6.07, 6.45) is 0. The van der Waals surface area contributed by atoms with Crippen LogP contribution < -0.4 is 0 Å². The van der Waals surface area contributed by atoms with E-state index in [4.69, 9.17) is 4.74 Å². The third-order valence-electron chi connectivity index (χ3n) is 3.86. The van der Waals surface area contributed by atoms with Crippen LogP contribution in [-0.4, -0.2) is 34.2 Å². The lowest BCUT2D eigenvalue weighted by Crippen LogP contribution is -2.15. The Morgan fingerprint density at radius 2 is 1.83 bits per heavy atom. The van der Waals surface area contributed by atoms with Crippen LogP contribution in [0.15, 0.2) is 18.2 Å². The number of carbonyl (C=O) groups is 3. The van der Waals surface area contributed by atoms with Crippen LogP contribution in [0.2, 0.25) is 0 Å². The maximum atomic E-state index is 12.3. The molecule has 126 valence electrons. The van der Waals surface area contributed by atoms with Crippen molar-refractivity contribution < 1.29 is 24.2 Å². The van der Waals surface area contributed by atoms with E-state index in [9.17, 15) is 19.5 Å². The lowest BCUT2D eigenvalue weighted by atomic mass is 10.1. The van der Waals surface area contributed by atoms with E-state index in [1.807, 2.05) is 0 Å². The van der Waals surface area contributed by atoms with Gasteiger partial charge >= 0.3 is 5.97 Å². The lowest BCUT2D eigenvalue weighted by molar-refractivity contribution is 0.0470. The molecule has 0 bridgehead atoms. The molecule has 1 aromatic heterocycles. The van der Waals surface area contributed by atoms with Gasteiger partial charge in [0.25, 0.3) is 0 Å². The molecule has 2 rings (SSSR count). The number of phenols is 1. The molecule has 0 atom stereocenters. The maximum Gasteiger partial charge on any atom is 0.342 e. The average molecular weight is 329 g/mol. The van der Waals surface area contributed by atoms with Crippen molar-refractivity contribution in [1.29, 1.82) is 0 Å². The third-order valence-corrected chi connectivity index (χ3v) is 3.86. The summed E-state index contributed by atoms with van der Waals surface area (Å²) in [6.45, 7) is 5.98. The number of ether oxygens (including phenoxy) is 1. The second-order valence-corrected chi connectivity index (χ2v) is 5.65. The number of aromatic nitrogens is 1. The van der Waals surface area contributed by atoms with Gasteiger partial charge in [0.05, 0.1) is 5.69 Å². The molecule has 6 nitrogen and oxygen atoms in total. The van der Waals surface area contributed by atoms with Crippen molar-refractivity contribution in [3.8, 4) is 5.75 Å². The number of carbonyl (C=O) groups excluding carboxylic acids is 3. The first-order chi connectivity index (χ1) is 11.2. The molecule has 0 aliphatic carbocycles. The maximum absolute atomic E-state index is 12.3. The van der Waals surface area contributed by atoms with Gasteiger partial charge in [0.2, 0.25) is 5.78 Å². The van der Waals surface area contributed by atoms with Gasteiger partial charge < -0.3 is 14.8 Å². The summed E-state index contributed by atoms with van der Waals surface area (Å²) in [5.41, 5.74) is 2.41. The van der Waals surface area contributed by atoms with Crippen molar-refractivity contribution >= 4 is 17.5 Å². The van der Waals surface area contributed by atoms with E-state index in [2.05, 4.69) is 4.98 Å². The molecule has 0 spiro atoms. The van der Waals surface area contributed by atoms with Crippen molar-refractivity contribution in [1.82, 2.24) is 4.98 Å². The minimum atomic E-state index is -0.780. The minimum absolute atomic E-state index is 0.00612. The quantitative estimate of drug-likeness (QED) is 0.649. The number of esters is 1. The Bertz CT molecular complexity index is 832. The minimum Gasteiger partial charge on any atom is -0.507 e. The monoisotopic (exact) mass is 329 g/mol. The predicted octanol–water partition coefficient (Wildman–Crippen LogP) is 2.89. The van der Waals surface area contributed by atoms with E-state index in [1.54, 1.807) is 32.9 Å². The number of Topliss-reactive ketones (excluding diaryl/α,β-unsaturated/α-hetero) is 2. The summed E-state index contributed by atoms with van der Waals surface area (Å²) < 4.78 is 4.99. The van der Waals surface area contributed by atoms with E-state index in [0.717, 1.165) is 0 Å². The van der Waals surface area contributed by atoms with Gasteiger partial charge in [-0.2, -0.15) is 0 Å². The number of phenolic OH excluding ortho intramolecular Hbond substituents is 1. The Hall–Kier alpha value is -2.89. The number of hydrogen-bond acceptors (Lipinski definition) is 5. The standard InChI is InChI=1S/C18H19NO5/c1-9-6-5-7-13(17(9)22)18(23)24-8-14(21)16-10(2)15(12(4)20)11(3)19-16/h5-7,19,22H,8H2,1-4H3. The van der Waals surface area contributed by atoms with Crippen LogP contribution in [0.25, 0.3) is 0 Å². The highest BCUT2D eigenvalue weighted by atomic mass is 16.5. The Morgan fingerprint density at radius 1 is 1.17 bits per heavy atom. The van der Waals surface area contributed by atoms with Crippen molar-refractivity contribution in [3.63, 3.8) is 0 Å². The van der Waals surface area contributed by atoms with Crippen LogP contribution in [0.4, 0.5) is 0 Å². The van der Waals surface area contributed by atoms with E-state index in [1.165, 1.54) is 13.0 Å². The first kappa shape index (κ1) is 17.5. The number of nitrogens with one attached hydrogen (secondary N) is 1. The van der Waals surface area contributed by atoms with Gasteiger partial charge in [0, 0.05) is 11.3 Å². The summed E-state index contributed by atoms with van der Waals surface area (Å²) in [7, 11) is 0. The highest BCUT2D eigenvalue weighted by Gasteiger charge is 2.21. The fraction of sp³-hybridized carbons (Fsp3) is 0.278. The van der Waals surface area contributed by atoms with Crippen molar-refractivity contribution in [3.05, 3.63) is 51.8 Å². The molecule has 24 heavy (non-hydrogen) atoms. The SMILES string of the molecule is CC(=O)c1c(C)[nH]c(C(=O)COC(=O)c2cccc(C)c2O)c1C. The van der Waals surface area contributed by atoms with Crippen LogP contribution in [0.3, 0.4) is 0 Å². The van der Waals surface area contributed by atoms with Gasteiger partial charge in [-0.05, 0) is 44.9 Å². The fourth-order valence-corrected chi connectivity index (χ4v) is 2.66. The molecule has 1 heterocycles. The summed E-state index contributed by atoms with van der Waals surface area (Å²) in [5.74, 6) is -1.52. The van der Waals surface area contributed by atoms with Crippen molar-refractivity contribution in [2.75, 3.05) is 6.61 Å². The Balaban J connectivity index is 2.14. The van der Waals surface area contributed by atoms with Crippen LogP contribution in [0.5, 0.6) is 5.75 Å². The van der Waals surface area contributed by atoms with Gasteiger partial charge in [0.1, 0.15) is 11.3 Å². The zero-order chi connectivity index (χ0) is 18.0. The summed E-state index contributed by atoms with van der Waals surface area (Å²) in [6, 6.07) is 4.70. The third kappa shape index (κ3) is 3.22. The molecule has 0 fully saturated rings. The summed E-state index contributed by atoms with van der Waals surface area (Å²) >= 11 is 0. The molecule has 1 aromatic carbocycles. The molecule has 0 unspecified atom stereocenters. The summed E-state index contributed by atoms with van der Waals surface area (Å²) in [5, 5.41) is 9.87. The molecule has 0 saturated carbocycles. The Morgan fingerprint density at radius 3 is 2.42 bits per heavy atom. The number of aryl methyl sites for hydroxylation is 2. The largest absolute Gasteiger partial charge is 0.507 e. The Kier molecular flexibility index (Phi) is 4.87. The topological polar surface area (TPSA) is 96.5 Å². The van der Waals surface area contributed by atoms with Crippen molar-refractivity contribution in [2.45, 2.75) is 27.7 Å². The van der Waals surface area contributed by atoms with Crippen molar-refractivity contribution in [2.24, 2.45) is 0 Å². The molecule has 2 aromatic rings. The second kappa shape index (κ2) is 6.70. The molecular weight excluding hydrogens is 310 g/mol. The van der Waals surface area contributed by atoms with E-state index in [-0.39, 0.29) is 22.8 Å². The average Bonchev–Trinajstić information content (AvgIpc) is 2.82. The van der Waals surface area contributed by atoms with Gasteiger partial charge in [-0.1, -0.05) is 12.1 Å². The normalized spacial score (nSPS) is 10.5. The zero-order valence-corrected chi connectivity index (χ0v) is 14.0. The second-order valence-electron chi connectivity index (χ2n) is 5.65. The highest BCUT2D eigenvalue weighted by Crippen LogP contribution is 2.23. The molecule has 0 aliphatic rings. The molecule has 6 heteroatoms. The molecule has 0 radical (unpaired) electrons. The predicted molar refractivity (Wildman–Crippen MR) is 87.7 cm³/mol. The molecule has 0 amide bonds. The number of aromatic hydroxyl groups is 1. The van der Waals surface area contributed by atoms with Crippen LogP contribution in [0, 0.1) is 20.8 Å². The van der Waals surface area contributed by atoms with Crippen LogP contribution in [0.1, 0.15) is 54.9 Å². The van der Waals surface area contributed by atoms with Gasteiger partial charge in [-0.15, -0.1) is 0 Å². The first-order valence-electron chi connectivity index (χ1n) is 7.43. The number of benzene rings is 1. The van der Waals surface area contributed by atoms with Gasteiger partial charge in [0.15, 0.2) is 12.4 Å². The fourth-order valence-electron chi connectivity index (χ4n) is 2.66. The highest BCUT2D eigenvalue weighted by molar-refractivity contribution is 6.04. The lowest BCUT2D eigenvalue weighted by Gasteiger charge is -2.07. The number of H-pyrrole nitrogens is 1. The molecule has 0 saturated heterocycles. The number of hydrogen-bond donors (Lipinski definition) is 2. The molecular formula is C18H19NO5. The Labute approximate surface area is 139 Å². The van der Waals surface area contributed by atoms with E-state index >= 15 is 0 Å².